The molecule has 0 bridgehead atoms. The fraction of sp³-hybridized carbons (Fsp3) is 0.667. The SMILES string of the molecule is Cc1nn(CC(=O)NC2(C)CCS(=O)(=O)C2)c(C)c1Cl. The normalized spacial score (nSPS) is 24.8. The summed E-state index contributed by atoms with van der Waals surface area (Å²) in [6.07, 6.45) is 0.443. The number of aromatic nitrogens is 2. The number of hydrogen-bond acceptors (Lipinski definition) is 4. The molecule has 0 spiro atoms. The molecule has 1 aromatic rings. The van der Waals surface area contributed by atoms with Crippen molar-refractivity contribution in [1.82, 2.24) is 15.1 Å². The van der Waals surface area contributed by atoms with E-state index in [0.29, 0.717) is 17.1 Å². The Bertz CT molecular complexity index is 653. The predicted molar refractivity (Wildman–Crippen MR) is 76.5 cm³/mol. The number of halogens is 1. The zero-order valence-corrected chi connectivity index (χ0v) is 13.3. The third-order valence-electron chi connectivity index (χ3n) is 3.53. The number of amides is 1. The summed E-state index contributed by atoms with van der Waals surface area (Å²) in [5.41, 5.74) is 0.714. The highest BCUT2D eigenvalue weighted by Crippen LogP contribution is 2.23. The molecule has 1 aliphatic rings. The summed E-state index contributed by atoms with van der Waals surface area (Å²) in [6.45, 7) is 5.35. The van der Waals surface area contributed by atoms with Gasteiger partial charge in [-0.2, -0.15) is 5.10 Å². The summed E-state index contributed by atoms with van der Waals surface area (Å²) in [5, 5.41) is 7.52. The van der Waals surface area contributed by atoms with E-state index in [1.807, 2.05) is 0 Å². The number of carbonyl (C=O) groups excluding carboxylic acids is 1. The van der Waals surface area contributed by atoms with Gasteiger partial charge in [0.2, 0.25) is 5.91 Å². The molecule has 6 nitrogen and oxygen atoms in total. The molecule has 1 amide bonds. The molecule has 0 radical (unpaired) electrons. The van der Waals surface area contributed by atoms with Crippen LogP contribution < -0.4 is 5.32 Å². The van der Waals surface area contributed by atoms with E-state index < -0.39 is 15.4 Å². The van der Waals surface area contributed by atoms with Gasteiger partial charge in [0, 0.05) is 0 Å². The smallest absolute Gasteiger partial charge is 0.242 e. The van der Waals surface area contributed by atoms with Crippen molar-refractivity contribution in [3.8, 4) is 0 Å². The number of carbonyl (C=O) groups is 1. The van der Waals surface area contributed by atoms with Crippen LogP contribution in [0.4, 0.5) is 0 Å². The quantitative estimate of drug-likeness (QED) is 0.895. The van der Waals surface area contributed by atoms with E-state index in [1.165, 1.54) is 4.68 Å². The maximum absolute atomic E-state index is 12.0. The minimum Gasteiger partial charge on any atom is -0.348 e. The summed E-state index contributed by atoms with van der Waals surface area (Å²) in [5.74, 6) is -0.147. The van der Waals surface area contributed by atoms with Crippen molar-refractivity contribution in [2.24, 2.45) is 0 Å². The highest BCUT2D eigenvalue weighted by molar-refractivity contribution is 7.91. The van der Waals surface area contributed by atoms with Gasteiger partial charge < -0.3 is 5.32 Å². The average molecular weight is 320 g/mol. The number of rotatable bonds is 3. The molecule has 1 aromatic heterocycles. The molecular formula is C12H18ClN3O3S. The van der Waals surface area contributed by atoms with Crippen molar-refractivity contribution in [3.05, 3.63) is 16.4 Å². The van der Waals surface area contributed by atoms with Crippen LogP contribution >= 0.6 is 11.6 Å². The molecule has 1 saturated heterocycles. The first-order chi connectivity index (χ1) is 9.12. The third kappa shape index (κ3) is 3.15. The Morgan fingerprint density at radius 3 is 2.60 bits per heavy atom. The number of sulfone groups is 1. The molecular weight excluding hydrogens is 302 g/mol. The molecule has 0 aliphatic carbocycles. The topological polar surface area (TPSA) is 81.1 Å². The van der Waals surface area contributed by atoms with Gasteiger partial charge in [-0.25, -0.2) is 8.42 Å². The van der Waals surface area contributed by atoms with Gasteiger partial charge in [-0.1, -0.05) is 11.6 Å². The fourth-order valence-electron chi connectivity index (χ4n) is 2.45. The van der Waals surface area contributed by atoms with Crippen LogP contribution in [0.3, 0.4) is 0 Å². The highest BCUT2D eigenvalue weighted by atomic mass is 35.5. The zero-order chi connectivity index (χ0) is 15.1. The Hall–Kier alpha value is -1.08. The molecule has 1 aliphatic heterocycles. The number of nitrogens with zero attached hydrogens (tertiary/aromatic N) is 2. The second kappa shape index (κ2) is 5.04. The van der Waals surface area contributed by atoms with Crippen molar-refractivity contribution in [2.45, 2.75) is 39.3 Å². The first kappa shape index (κ1) is 15.3. The lowest BCUT2D eigenvalue weighted by atomic mass is 10.0. The van der Waals surface area contributed by atoms with Gasteiger partial charge >= 0.3 is 0 Å². The van der Waals surface area contributed by atoms with Gasteiger partial charge in [0.05, 0.1) is 33.5 Å². The van der Waals surface area contributed by atoms with Crippen LogP contribution in [0.2, 0.25) is 5.02 Å². The number of nitrogens with one attached hydrogen (secondary N) is 1. The summed E-state index contributed by atoms with van der Waals surface area (Å²) >= 11 is 6.02. The average Bonchev–Trinajstić information content (AvgIpc) is 2.70. The monoisotopic (exact) mass is 319 g/mol. The van der Waals surface area contributed by atoms with Crippen molar-refractivity contribution >= 4 is 27.3 Å². The number of hydrogen-bond donors (Lipinski definition) is 1. The van der Waals surface area contributed by atoms with Crippen LogP contribution in [0.15, 0.2) is 0 Å². The Balaban J connectivity index is 2.05. The fourth-order valence-corrected chi connectivity index (χ4v) is 4.68. The molecule has 112 valence electrons. The van der Waals surface area contributed by atoms with E-state index in [9.17, 15) is 13.2 Å². The summed E-state index contributed by atoms with van der Waals surface area (Å²) in [4.78, 5) is 12.0. The maximum atomic E-state index is 12.0. The number of aryl methyl sites for hydroxylation is 1. The van der Waals surface area contributed by atoms with Crippen LogP contribution in [-0.2, 0) is 21.2 Å². The molecule has 1 atom stereocenters. The van der Waals surface area contributed by atoms with Crippen molar-refractivity contribution in [3.63, 3.8) is 0 Å². The lowest BCUT2D eigenvalue weighted by molar-refractivity contribution is -0.123. The predicted octanol–water partition coefficient (Wildman–Crippen LogP) is 0.847. The van der Waals surface area contributed by atoms with E-state index in [0.717, 1.165) is 5.69 Å². The molecule has 0 aromatic carbocycles. The molecule has 1 N–H and O–H groups in total. The van der Waals surface area contributed by atoms with Gasteiger partial charge in [0.15, 0.2) is 9.84 Å². The lowest BCUT2D eigenvalue weighted by Gasteiger charge is -2.23. The van der Waals surface area contributed by atoms with Gasteiger partial charge in [-0.15, -0.1) is 0 Å². The highest BCUT2D eigenvalue weighted by Gasteiger charge is 2.39. The summed E-state index contributed by atoms with van der Waals surface area (Å²) in [7, 11) is -3.04. The van der Waals surface area contributed by atoms with Gasteiger partial charge in [-0.3, -0.25) is 9.48 Å². The van der Waals surface area contributed by atoms with E-state index in [4.69, 9.17) is 11.6 Å². The van der Waals surface area contributed by atoms with E-state index in [2.05, 4.69) is 10.4 Å². The van der Waals surface area contributed by atoms with Gasteiger partial charge in [0.25, 0.3) is 0 Å². The van der Waals surface area contributed by atoms with Crippen molar-refractivity contribution in [2.75, 3.05) is 11.5 Å². The summed E-state index contributed by atoms with van der Waals surface area (Å²) in [6, 6.07) is 0. The second-order valence-electron chi connectivity index (χ2n) is 5.59. The second-order valence-corrected chi connectivity index (χ2v) is 8.16. The molecule has 1 unspecified atom stereocenters. The minimum atomic E-state index is -3.04. The van der Waals surface area contributed by atoms with Crippen LogP contribution in [0.5, 0.6) is 0 Å². The molecule has 20 heavy (non-hydrogen) atoms. The Morgan fingerprint density at radius 2 is 2.15 bits per heavy atom. The van der Waals surface area contributed by atoms with Crippen LogP contribution in [0, 0.1) is 13.8 Å². The van der Waals surface area contributed by atoms with Crippen LogP contribution in [0.25, 0.3) is 0 Å². The Kier molecular flexibility index (Phi) is 3.85. The Labute approximate surface area is 123 Å². The molecule has 8 heteroatoms. The van der Waals surface area contributed by atoms with E-state index in [1.54, 1.807) is 20.8 Å². The van der Waals surface area contributed by atoms with E-state index in [-0.39, 0.29) is 24.0 Å². The third-order valence-corrected chi connectivity index (χ3v) is 5.98. The maximum Gasteiger partial charge on any atom is 0.242 e. The standard InChI is InChI=1S/C12H18ClN3O3S/c1-8-11(13)9(2)16(15-8)6-10(17)14-12(3)4-5-20(18,19)7-12/h4-7H2,1-3H3,(H,14,17). The summed E-state index contributed by atoms with van der Waals surface area (Å²) < 4.78 is 24.5. The van der Waals surface area contributed by atoms with E-state index >= 15 is 0 Å². The molecule has 0 saturated carbocycles. The van der Waals surface area contributed by atoms with Crippen LogP contribution in [-0.4, -0.2) is 41.2 Å². The lowest BCUT2D eigenvalue weighted by Crippen LogP contribution is -2.48. The van der Waals surface area contributed by atoms with Gasteiger partial charge in [-0.05, 0) is 27.2 Å². The molecule has 2 heterocycles. The van der Waals surface area contributed by atoms with Gasteiger partial charge in [0.1, 0.15) is 6.54 Å². The van der Waals surface area contributed by atoms with Crippen molar-refractivity contribution in [1.29, 1.82) is 0 Å². The minimum absolute atomic E-state index is 0.0103. The van der Waals surface area contributed by atoms with Crippen molar-refractivity contribution < 1.29 is 13.2 Å². The Morgan fingerprint density at radius 1 is 1.50 bits per heavy atom. The molecule has 2 rings (SSSR count). The molecule has 1 fully saturated rings. The first-order valence-corrected chi connectivity index (χ1v) is 8.53. The van der Waals surface area contributed by atoms with Crippen LogP contribution in [0.1, 0.15) is 24.7 Å². The largest absolute Gasteiger partial charge is 0.348 e. The zero-order valence-electron chi connectivity index (χ0n) is 11.7. The first-order valence-electron chi connectivity index (χ1n) is 6.33.